The third kappa shape index (κ3) is 2.97. The molecule has 0 heterocycles. The Kier molecular flexibility index (Phi) is 3.79. The third-order valence-electron chi connectivity index (χ3n) is 1.96. The molecule has 0 amide bonds. The Hall–Kier alpha value is -1.71. The van der Waals surface area contributed by atoms with Crippen LogP contribution in [0.4, 0.5) is 0 Å². The summed E-state index contributed by atoms with van der Waals surface area (Å²) in [6.45, 7) is 0. The van der Waals surface area contributed by atoms with Crippen LogP contribution < -0.4 is 0 Å². The van der Waals surface area contributed by atoms with Crippen LogP contribution in [0.25, 0.3) is 0 Å². The number of nitroso groups, excluding NO2 is 1. The molecule has 0 bridgehead atoms. The molecule has 1 rings (SSSR count). The molecule has 4 nitrogen and oxygen atoms in total. The molecule has 0 fully saturated rings. The van der Waals surface area contributed by atoms with Crippen molar-refractivity contribution in [1.29, 1.82) is 0 Å². The van der Waals surface area contributed by atoms with Gasteiger partial charge in [0.05, 0.1) is 0 Å². The summed E-state index contributed by atoms with van der Waals surface area (Å²) >= 11 is 0. The smallest absolute Gasteiger partial charge is 0.332 e. The van der Waals surface area contributed by atoms with Crippen LogP contribution in [0, 0.1) is 4.91 Å². The molecule has 0 aliphatic rings. The van der Waals surface area contributed by atoms with E-state index in [1.807, 2.05) is 30.3 Å². The Labute approximate surface area is 81.5 Å². The molecule has 0 aromatic heterocycles. The molecule has 1 atom stereocenters. The maximum atomic E-state index is 10.5. The fraction of sp³-hybridized carbons (Fsp3) is 0.300. The van der Waals surface area contributed by atoms with Gasteiger partial charge in [0.25, 0.3) is 0 Å². The summed E-state index contributed by atoms with van der Waals surface area (Å²) in [4.78, 5) is 20.6. The lowest BCUT2D eigenvalue weighted by atomic mass is 10.1. The number of carbonyl (C=O) groups is 1. The minimum Gasteiger partial charge on any atom is -0.480 e. The van der Waals surface area contributed by atoms with Crippen LogP contribution in [0.15, 0.2) is 35.5 Å². The Morgan fingerprint density at radius 1 is 1.36 bits per heavy atom. The van der Waals surface area contributed by atoms with Gasteiger partial charge < -0.3 is 5.11 Å². The molecule has 1 aromatic carbocycles. The SMILES string of the molecule is O=NC(CCc1ccccc1)C(=O)O. The Balaban J connectivity index is 2.47. The number of rotatable bonds is 5. The van der Waals surface area contributed by atoms with Gasteiger partial charge >= 0.3 is 5.97 Å². The summed E-state index contributed by atoms with van der Waals surface area (Å²) in [7, 11) is 0. The monoisotopic (exact) mass is 193 g/mol. The predicted octanol–water partition coefficient (Wildman–Crippen LogP) is 1.84. The second-order valence-electron chi connectivity index (χ2n) is 2.98. The van der Waals surface area contributed by atoms with E-state index in [4.69, 9.17) is 5.11 Å². The first kappa shape index (κ1) is 10.4. The van der Waals surface area contributed by atoms with E-state index in [1.165, 1.54) is 0 Å². The lowest BCUT2D eigenvalue weighted by Gasteiger charge is -2.03. The molecule has 1 aromatic rings. The van der Waals surface area contributed by atoms with Crippen LogP contribution in [0.1, 0.15) is 12.0 Å². The van der Waals surface area contributed by atoms with Crippen LogP contribution in [0.3, 0.4) is 0 Å². The molecule has 4 heteroatoms. The summed E-state index contributed by atoms with van der Waals surface area (Å²) < 4.78 is 0. The van der Waals surface area contributed by atoms with Gasteiger partial charge in [-0.1, -0.05) is 35.5 Å². The lowest BCUT2D eigenvalue weighted by Crippen LogP contribution is -2.17. The summed E-state index contributed by atoms with van der Waals surface area (Å²) in [5, 5.41) is 11.1. The second kappa shape index (κ2) is 5.11. The van der Waals surface area contributed by atoms with Crippen LogP contribution in [0.2, 0.25) is 0 Å². The van der Waals surface area contributed by atoms with E-state index in [1.54, 1.807) is 0 Å². The highest BCUT2D eigenvalue weighted by Crippen LogP contribution is 2.07. The average Bonchev–Trinajstić information content (AvgIpc) is 2.20. The van der Waals surface area contributed by atoms with Crippen LogP contribution in [-0.4, -0.2) is 17.1 Å². The van der Waals surface area contributed by atoms with Crippen molar-refractivity contribution in [2.45, 2.75) is 18.9 Å². The van der Waals surface area contributed by atoms with Gasteiger partial charge in [-0.05, 0) is 18.4 Å². The van der Waals surface area contributed by atoms with Gasteiger partial charge in [-0.15, -0.1) is 4.91 Å². The Morgan fingerprint density at radius 2 is 2.00 bits per heavy atom. The number of aliphatic carboxylic acids is 1. The van der Waals surface area contributed by atoms with Gasteiger partial charge in [-0.3, -0.25) is 0 Å². The van der Waals surface area contributed by atoms with Crippen molar-refractivity contribution in [3.05, 3.63) is 40.8 Å². The number of hydrogen-bond acceptors (Lipinski definition) is 3. The first-order valence-electron chi connectivity index (χ1n) is 4.33. The van der Waals surface area contributed by atoms with E-state index in [2.05, 4.69) is 5.18 Å². The highest BCUT2D eigenvalue weighted by molar-refractivity contribution is 5.73. The van der Waals surface area contributed by atoms with E-state index >= 15 is 0 Å². The number of aryl methyl sites for hydroxylation is 1. The number of carboxylic acids is 1. The maximum Gasteiger partial charge on any atom is 0.332 e. The summed E-state index contributed by atoms with van der Waals surface area (Å²) in [5.41, 5.74) is 1.02. The molecule has 14 heavy (non-hydrogen) atoms. The van der Waals surface area contributed by atoms with Crippen LogP contribution in [-0.2, 0) is 11.2 Å². The quantitative estimate of drug-likeness (QED) is 0.725. The van der Waals surface area contributed by atoms with Crippen molar-refractivity contribution < 1.29 is 9.90 Å². The predicted molar refractivity (Wildman–Crippen MR) is 52.0 cm³/mol. The van der Waals surface area contributed by atoms with E-state index in [-0.39, 0.29) is 6.42 Å². The molecule has 0 saturated heterocycles. The normalized spacial score (nSPS) is 12.0. The summed E-state index contributed by atoms with van der Waals surface area (Å²) in [6.07, 6.45) is 0.812. The molecular weight excluding hydrogens is 182 g/mol. The summed E-state index contributed by atoms with van der Waals surface area (Å²) in [6, 6.07) is 8.29. The minimum absolute atomic E-state index is 0.253. The van der Waals surface area contributed by atoms with Gasteiger partial charge in [0, 0.05) is 0 Å². The van der Waals surface area contributed by atoms with Gasteiger partial charge in [-0.25, -0.2) is 4.79 Å². The van der Waals surface area contributed by atoms with E-state index in [0.717, 1.165) is 5.56 Å². The molecular formula is C10H11NO3. The molecule has 1 unspecified atom stereocenters. The van der Waals surface area contributed by atoms with Gasteiger partial charge in [-0.2, -0.15) is 0 Å². The molecule has 0 radical (unpaired) electrons. The first-order valence-corrected chi connectivity index (χ1v) is 4.33. The number of carboxylic acid groups (broad SMARTS) is 1. The third-order valence-corrected chi connectivity index (χ3v) is 1.96. The van der Waals surface area contributed by atoms with Crippen LogP contribution >= 0.6 is 0 Å². The fourth-order valence-electron chi connectivity index (χ4n) is 1.17. The number of benzene rings is 1. The van der Waals surface area contributed by atoms with Gasteiger partial charge in [0.2, 0.25) is 0 Å². The van der Waals surface area contributed by atoms with Gasteiger partial charge in [0.1, 0.15) is 0 Å². The fourth-order valence-corrected chi connectivity index (χ4v) is 1.17. The molecule has 1 N–H and O–H groups in total. The van der Waals surface area contributed by atoms with Crippen molar-refractivity contribution in [2.24, 2.45) is 5.18 Å². The van der Waals surface area contributed by atoms with E-state index in [9.17, 15) is 9.70 Å². The van der Waals surface area contributed by atoms with Crippen molar-refractivity contribution in [1.82, 2.24) is 0 Å². The number of nitrogens with zero attached hydrogens (tertiary/aromatic N) is 1. The standard InChI is InChI=1S/C10H11NO3/c12-10(13)9(11-14)7-6-8-4-2-1-3-5-8/h1-5,9H,6-7H2,(H,12,13). The van der Waals surface area contributed by atoms with Crippen LogP contribution in [0.5, 0.6) is 0 Å². The minimum atomic E-state index is -1.16. The summed E-state index contributed by atoms with van der Waals surface area (Å²) in [5.74, 6) is -1.16. The van der Waals surface area contributed by atoms with E-state index in [0.29, 0.717) is 6.42 Å². The molecule has 74 valence electrons. The lowest BCUT2D eigenvalue weighted by molar-refractivity contribution is -0.138. The maximum absolute atomic E-state index is 10.5. The molecule has 0 spiro atoms. The van der Waals surface area contributed by atoms with Crippen molar-refractivity contribution in [3.63, 3.8) is 0 Å². The number of hydrogen-bond donors (Lipinski definition) is 1. The zero-order valence-electron chi connectivity index (χ0n) is 7.59. The Bertz CT molecular complexity index is 310. The largest absolute Gasteiger partial charge is 0.480 e. The topological polar surface area (TPSA) is 66.7 Å². The van der Waals surface area contributed by atoms with Gasteiger partial charge in [0.15, 0.2) is 6.04 Å². The van der Waals surface area contributed by atoms with Crippen molar-refractivity contribution in [3.8, 4) is 0 Å². The second-order valence-corrected chi connectivity index (χ2v) is 2.98. The molecule has 0 aliphatic carbocycles. The molecule has 0 aliphatic heterocycles. The van der Waals surface area contributed by atoms with Crippen molar-refractivity contribution in [2.75, 3.05) is 0 Å². The average molecular weight is 193 g/mol. The van der Waals surface area contributed by atoms with E-state index < -0.39 is 12.0 Å². The highest BCUT2D eigenvalue weighted by atomic mass is 16.4. The zero-order chi connectivity index (χ0) is 10.4. The highest BCUT2D eigenvalue weighted by Gasteiger charge is 2.16. The molecule has 0 saturated carbocycles. The zero-order valence-corrected chi connectivity index (χ0v) is 7.59. The Morgan fingerprint density at radius 3 is 2.50 bits per heavy atom. The van der Waals surface area contributed by atoms with Crippen molar-refractivity contribution >= 4 is 5.97 Å². The first-order chi connectivity index (χ1) is 6.74.